The van der Waals surface area contributed by atoms with E-state index in [1.54, 1.807) is 6.20 Å². The molecule has 1 atom stereocenters. The number of aromatic nitrogens is 1. The maximum Gasteiger partial charge on any atom is 0.122 e. The second kappa shape index (κ2) is 8.81. The Morgan fingerprint density at radius 3 is 2.72 bits per heavy atom. The maximum absolute atomic E-state index is 11.3. The zero-order valence-corrected chi connectivity index (χ0v) is 18.8. The molecule has 2 N–H and O–H groups in total. The SMILES string of the molecule is Cc1ccc(OC[C@@H](O)CN2CCC(O)(c3cnc4ccccc4c3)CC2)c2c1CCC2. The van der Waals surface area contributed by atoms with Crippen molar-refractivity contribution in [1.82, 2.24) is 9.88 Å². The number of rotatable bonds is 6. The minimum atomic E-state index is -0.864. The molecule has 5 rings (SSSR count). The Bertz CT molecular complexity index is 1110. The first-order chi connectivity index (χ1) is 15.5. The van der Waals surface area contributed by atoms with Crippen LogP contribution in [0.25, 0.3) is 10.9 Å². The first-order valence-corrected chi connectivity index (χ1v) is 11.7. The number of aryl methyl sites for hydroxylation is 1. The molecule has 1 fully saturated rings. The lowest BCUT2D eigenvalue weighted by Gasteiger charge is -2.39. The molecule has 32 heavy (non-hydrogen) atoms. The fraction of sp³-hybridized carbons (Fsp3) is 0.444. The molecule has 0 radical (unpaired) electrons. The highest BCUT2D eigenvalue weighted by molar-refractivity contribution is 5.78. The van der Waals surface area contributed by atoms with Crippen molar-refractivity contribution in [2.45, 2.75) is 50.7 Å². The molecular formula is C27H32N2O3. The first kappa shape index (κ1) is 21.4. The Hall–Kier alpha value is -2.47. The zero-order valence-electron chi connectivity index (χ0n) is 18.8. The lowest BCUT2D eigenvalue weighted by Crippen LogP contribution is -2.46. The number of nitrogens with zero attached hydrogens (tertiary/aromatic N) is 2. The number of piperidine rings is 1. The van der Waals surface area contributed by atoms with Gasteiger partial charge >= 0.3 is 0 Å². The van der Waals surface area contributed by atoms with Crippen LogP contribution < -0.4 is 4.74 Å². The van der Waals surface area contributed by atoms with Crippen molar-refractivity contribution < 1.29 is 14.9 Å². The van der Waals surface area contributed by atoms with Crippen molar-refractivity contribution in [3.63, 3.8) is 0 Å². The van der Waals surface area contributed by atoms with E-state index in [0.29, 0.717) is 26.0 Å². The molecule has 2 aromatic carbocycles. The summed E-state index contributed by atoms with van der Waals surface area (Å²) in [6, 6.07) is 14.2. The first-order valence-electron chi connectivity index (χ1n) is 11.7. The van der Waals surface area contributed by atoms with Crippen LogP contribution in [-0.2, 0) is 18.4 Å². The van der Waals surface area contributed by atoms with Crippen LogP contribution >= 0.6 is 0 Å². The van der Waals surface area contributed by atoms with E-state index in [0.717, 1.165) is 48.1 Å². The van der Waals surface area contributed by atoms with Gasteiger partial charge in [0.05, 0.1) is 11.1 Å². The fourth-order valence-electron chi connectivity index (χ4n) is 5.24. The van der Waals surface area contributed by atoms with E-state index < -0.39 is 11.7 Å². The Balaban J connectivity index is 1.16. The van der Waals surface area contributed by atoms with Crippen molar-refractivity contribution in [3.05, 3.63) is 70.9 Å². The van der Waals surface area contributed by atoms with Gasteiger partial charge in [0.15, 0.2) is 0 Å². The highest BCUT2D eigenvalue weighted by Crippen LogP contribution is 2.35. The molecule has 5 nitrogen and oxygen atoms in total. The van der Waals surface area contributed by atoms with E-state index in [1.165, 1.54) is 23.1 Å². The number of benzene rings is 2. The molecule has 1 aliphatic carbocycles. The third-order valence-corrected chi connectivity index (χ3v) is 7.19. The van der Waals surface area contributed by atoms with Crippen LogP contribution in [0.15, 0.2) is 48.7 Å². The molecular weight excluding hydrogens is 400 g/mol. The average Bonchev–Trinajstić information content (AvgIpc) is 3.31. The summed E-state index contributed by atoms with van der Waals surface area (Å²) >= 11 is 0. The van der Waals surface area contributed by atoms with Crippen LogP contribution in [0.4, 0.5) is 0 Å². The molecule has 1 aromatic heterocycles. The molecule has 5 heteroatoms. The summed E-state index contributed by atoms with van der Waals surface area (Å²) < 4.78 is 6.02. The molecule has 168 valence electrons. The Kier molecular flexibility index (Phi) is 5.89. The molecule has 1 saturated heterocycles. The predicted octanol–water partition coefficient (Wildman–Crippen LogP) is 3.76. The Labute approximate surface area is 189 Å². The minimum absolute atomic E-state index is 0.296. The molecule has 0 unspecified atom stereocenters. The van der Waals surface area contributed by atoms with Gasteiger partial charge in [-0.3, -0.25) is 4.98 Å². The topological polar surface area (TPSA) is 65.8 Å². The maximum atomic E-state index is 11.3. The predicted molar refractivity (Wildman–Crippen MR) is 126 cm³/mol. The third-order valence-electron chi connectivity index (χ3n) is 7.19. The zero-order chi connectivity index (χ0) is 22.1. The summed E-state index contributed by atoms with van der Waals surface area (Å²) in [7, 11) is 0. The van der Waals surface area contributed by atoms with E-state index in [-0.39, 0.29) is 0 Å². The average molecular weight is 433 g/mol. The number of ether oxygens (including phenoxy) is 1. The van der Waals surface area contributed by atoms with Crippen molar-refractivity contribution in [1.29, 1.82) is 0 Å². The van der Waals surface area contributed by atoms with E-state index in [9.17, 15) is 10.2 Å². The molecule has 2 aliphatic rings. The number of pyridine rings is 1. The van der Waals surface area contributed by atoms with Gasteiger partial charge in [-0.15, -0.1) is 0 Å². The molecule has 2 heterocycles. The van der Waals surface area contributed by atoms with Crippen LogP contribution in [0.2, 0.25) is 0 Å². The van der Waals surface area contributed by atoms with Crippen LogP contribution in [-0.4, -0.2) is 52.4 Å². The van der Waals surface area contributed by atoms with Gasteiger partial charge in [0.25, 0.3) is 0 Å². The number of hydrogen-bond donors (Lipinski definition) is 2. The van der Waals surface area contributed by atoms with E-state index in [4.69, 9.17) is 4.74 Å². The highest BCUT2D eigenvalue weighted by atomic mass is 16.5. The number of aliphatic hydroxyl groups excluding tert-OH is 1. The van der Waals surface area contributed by atoms with Crippen molar-refractivity contribution in [3.8, 4) is 5.75 Å². The number of likely N-dealkylation sites (tertiary alicyclic amines) is 1. The van der Waals surface area contributed by atoms with Crippen molar-refractivity contribution >= 4 is 10.9 Å². The van der Waals surface area contributed by atoms with E-state index >= 15 is 0 Å². The van der Waals surface area contributed by atoms with Crippen LogP contribution in [0, 0.1) is 6.92 Å². The van der Waals surface area contributed by atoms with E-state index in [2.05, 4.69) is 28.9 Å². The Morgan fingerprint density at radius 2 is 1.88 bits per heavy atom. The number of aliphatic hydroxyl groups is 2. The lowest BCUT2D eigenvalue weighted by molar-refractivity contribution is -0.0373. The molecule has 0 spiro atoms. The summed E-state index contributed by atoms with van der Waals surface area (Å²) in [6.45, 7) is 4.49. The van der Waals surface area contributed by atoms with E-state index in [1.807, 2.05) is 30.3 Å². The Morgan fingerprint density at radius 1 is 1.09 bits per heavy atom. The summed E-state index contributed by atoms with van der Waals surface area (Å²) in [5.41, 5.74) is 5.05. The number of hydrogen-bond acceptors (Lipinski definition) is 5. The largest absolute Gasteiger partial charge is 0.491 e. The van der Waals surface area contributed by atoms with Gasteiger partial charge in [-0.25, -0.2) is 0 Å². The fourth-order valence-corrected chi connectivity index (χ4v) is 5.24. The van der Waals surface area contributed by atoms with Gasteiger partial charge in [-0.05, 0) is 73.9 Å². The summed E-state index contributed by atoms with van der Waals surface area (Å²) in [5.74, 6) is 0.930. The second-order valence-electron chi connectivity index (χ2n) is 9.40. The highest BCUT2D eigenvalue weighted by Gasteiger charge is 2.35. The molecule has 0 saturated carbocycles. The molecule has 1 aliphatic heterocycles. The lowest BCUT2D eigenvalue weighted by atomic mass is 9.84. The summed E-state index contributed by atoms with van der Waals surface area (Å²) in [5, 5.41) is 22.9. The smallest absolute Gasteiger partial charge is 0.122 e. The van der Waals surface area contributed by atoms with Gasteiger partial charge < -0.3 is 19.8 Å². The quantitative estimate of drug-likeness (QED) is 0.621. The van der Waals surface area contributed by atoms with Gasteiger partial charge in [0, 0.05) is 36.8 Å². The van der Waals surface area contributed by atoms with Crippen LogP contribution in [0.1, 0.15) is 41.5 Å². The monoisotopic (exact) mass is 432 g/mol. The normalized spacial score (nSPS) is 19.1. The number of fused-ring (bicyclic) bond motifs is 2. The number of β-amino-alcohol motifs (C(OH)–C–C–N with tert-alkyl or cyclic N) is 1. The standard InChI is InChI=1S/C27H32N2O3/c1-19-9-10-26(24-7-4-6-23(19)24)32-18-22(30)17-29-13-11-27(31,12-14-29)21-15-20-5-2-3-8-25(20)28-16-21/h2-3,5,8-10,15-16,22,30-31H,4,6-7,11-14,17-18H2,1H3/t22-/m0/s1. The van der Waals surface area contributed by atoms with Gasteiger partial charge in [0.1, 0.15) is 18.5 Å². The number of para-hydroxylation sites is 1. The molecule has 0 amide bonds. The van der Waals surface area contributed by atoms with Crippen molar-refractivity contribution in [2.75, 3.05) is 26.2 Å². The second-order valence-corrected chi connectivity index (χ2v) is 9.40. The van der Waals surface area contributed by atoms with Crippen LogP contribution in [0.5, 0.6) is 5.75 Å². The summed E-state index contributed by atoms with van der Waals surface area (Å²) in [4.78, 5) is 6.74. The minimum Gasteiger partial charge on any atom is -0.491 e. The molecule has 3 aromatic rings. The van der Waals surface area contributed by atoms with Gasteiger partial charge in [-0.1, -0.05) is 24.3 Å². The van der Waals surface area contributed by atoms with Crippen molar-refractivity contribution in [2.24, 2.45) is 0 Å². The molecule has 0 bridgehead atoms. The van der Waals surface area contributed by atoms with Gasteiger partial charge in [0.2, 0.25) is 0 Å². The van der Waals surface area contributed by atoms with Crippen LogP contribution in [0.3, 0.4) is 0 Å². The third kappa shape index (κ3) is 4.25. The van der Waals surface area contributed by atoms with Gasteiger partial charge in [-0.2, -0.15) is 0 Å². The summed E-state index contributed by atoms with van der Waals surface area (Å²) in [6.07, 6.45) is 5.89.